The molecule has 0 unspecified atom stereocenters. The van der Waals surface area contributed by atoms with Crippen molar-refractivity contribution in [1.82, 2.24) is 5.32 Å². The quantitative estimate of drug-likeness (QED) is 0.794. The second-order valence-corrected chi connectivity index (χ2v) is 5.34. The van der Waals surface area contributed by atoms with Crippen LogP contribution in [-0.4, -0.2) is 23.9 Å². The molecule has 0 radical (unpaired) electrons. The molecule has 20 heavy (non-hydrogen) atoms. The first kappa shape index (κ1) is 18.4. The molecule has 0 aromatic heterocycles. The largest absolute Gasteiger partial charge is 0.347 e. The maximum absolute atomic E-state index is 12.1. The van der Waals surface area contributed by atoms with Gasteiger partial charge in [-0.3, -0.25) is 9.59 Å². The van der Waals surface area contributed by atoms with Gasteiger partial charge in [0.2, 0.25) is 5.91 Å². The van der Waals surface area contributed by atoms with Crippen molar-refractivity contribution in [2.45, 2.75) is 32.7 Å². The fourth-order valence-corrected chi connectivity index (χ4v) is 1.54. The number of hydrogen-bond acceptors (Lipinski definition) is 3. The average Bonchev–Trinajstić information content (AvgIpc) is 2.27. The number of anilines is 1. The van der Waals surface area contributed by atoms with Crippen molar-refractivity contribution in [1.29, 1.82) is 0 Å². The molecule has 0 fully saturated rings. The highest BCUT2D eigenvalue weighted by Crippen LogP contribution is 2.16. The Labute approximate surface area is 125 Å². The molecular weight excluding hydrogens is 278 g/mol. The Balaban J connectivity index is 0.00000361. The van der Waals surface area contributed by atoms with Gasteiger partial charge in [-0.25, -0.2) is 0 Å². The van der Waals surface area contributed by atoms with Crippen LogP contribution < -0.4 is 16.4 Å². The first-order valence-electron chi connectivity index (χ1n) is 6.25. The van der Waals surface area contributed by atoms with Gasteiger partial charge in [0.25, 0.3) is 5.91 Å². The Morgan fingerprint density at radius 3 is 2.35 bits per heavy atom. The summed E-state index contributed by atoms with van der Waals surface area (Å²) in [6.45, 7) is 5.99. The molecule has 1 aromatic carbocycles. The van der Waals surface area contributed by atoms with E-state index in [0.29, 0.717) is 11.3 Å². The van der Waals surface area contributed by atoms with Crippen LogP contribution in [0.5, 0.6) is 0 Å². The molecule has 6 heteroatoms. The molecule has 0 aliphatic carbocycles. The Kier molecular flexibility index (Phi) is 7.24. The minimum atomic E-state index is -0.328. The highest BCUT2D eigenvalue weighted by molar-refractivity contribution is 6.03. The molecule has 0 saturated carbocycles. The fraction of sp³-hybridized carbons (Fsp3) is 0.429. The summed E-state index contributed by atoms with van der Waals surface area (Å²) in [4.78, 5) is 23.7. The lowest BCUT2D eigenvalue weighted by atomic mass is 10.1. The molecule has 2 amide bonds. The zero-order valence-electron chi connectivity index (χ0n) is 12.0. The van der Waals surface area contributed by atoms with Gasteiger partial charge in [0.05, 0.1) is 11.3 Å². The minimum Gasteiger partial charge on any atom is -0.347 e. The number of carbonyl (C=O) groups is 2. The lowest BCUT2D eigenvalue weighted by Crippen LogP contribution is -2.40. The zero-order chi connectivity index (χ0) is 14.5. The standard InChI is InChI=1S/C14H21N3O2.ClH/c1-14(2,3)17-13(19)10-6-4-5-7-11(10)16-12(18)8-9-15;/h4-7H,8-9,15H2,1-3H3,(H,16,18)(H,17,19);1H. The Morgan fingerprint density at radius 1 is 1.20 bits per heavy atom. The van der Waals surface area contributed by atoms with Crippen LogP contribution in [0.1, 0.15) is 37.6 Å². The van der Waals surface area contributed by atoms with Crippen molar-refractivity contribution >= 4 is 29.9 Å². The fourth-order valence-electron chi connectivity index (χ4n) is 1.54. The number of para-hydroxylation sites is 1. The predicted octanol–water partition coefficient (Wildman–Crippen LogP) is 1.92. The van der Waals surface area contributed by atoms with E-state index in [1.165, 1.54) is 0 Å². The van der Waals surface area contributed by atoms with Crippen LogP contribution in [0.25, 0.3) is 0 Å². The topological polar surface area (TPSA) is 84.2 Å². The van der Waals surface area contributed by atoms with E-state index in [9.17, 15) is 9.59 Å². The summed E-state index contributed by atoms with van der Waals surface area (Å²) in [7, 11) is 0. The molecule has 0 atom stereocenters. The first-order chi connectivity index (χ1) is 8.83. The molecule has 1 rings (SSSR count). The third kappa shape index (κ3) is 6.04. The Bertz CT molecular complexity index is 470. The second kappa shape index (κ2) is 7.87. The van der Waals surface area contributed by atoms with Gasteiger partial charge in [0, 0.05) is 18.5 Å². The number of hydrogen-bond donors (Lipinski definition) is 3. The first-order valence-corrected chi connectivity index (χ1v) is 6.25. The normalized spacial score (nSPS) is 10.4. The van der Waals surface area contributed by atoms with Crippen LogP contribution in [0.2, 0.25) is 0 Å². The molecule has 0 heterocycles. The van der Waals surface area contributed by atoms with Crippen molar-refractivity contribution in [3.8, 4) is 0 Å². The highest BCUT2D eigenvalue weighted by Gasteiger charge is 2.18. The second-order valence-electron chi connectivity index (χ2n) is 5.34. The number of rotatable bonds is 4. The van der Waals surface area contributed by atoms with Gasteiger partial charge in [0.1, 0.15) is 0 Å². The summed E-state index contributed by atoms with van der Waals surface area (Å²) in [5.74, 6) is -0.408. The van der Waals surface area contributed by atoms with Crippen LogP contribution in [0, 0.1) is 0 Å². The summed E-state index contributed by atoms with van der Waals surface area (Å²) in [5.41, 5.74) is 5.95. The van der Waals surface area contributed by atoms with Crippen LogP contribution >= 0.6 is 12.4 Å². The number of carbonyl (C=O) groups excluding carboxylic acids is 2. The van der Waals surface area contributed by atoms with E-state index in [1.807, 2.05) is 20.8 Å². The van der Waals surface area contributed by atoms with E-state index in [0.717, 1.165) is 0 Å². The van der Waals surface area contributed by atoms with E-state index in [4.69, 9.17) is 5.73 Å². The molecule has 0 saturated heterocycles. The number of nitrogens with one attached hydrogen (secondary N) is 2. The average molecular weight is 300 g/mol. The smallest absolute Gasteiger partial charge is 0.253 e. The molecule has 1 aromatic rings. The summed E-state index contributed by atoms with van der Waals surface area (Å²) >= 11 is 0. The SMILES string of the molecule is CC(C)(C)NC(=O)c1ccccc1NC(=O)CCN.Cl. The molecule has 112 valence electrons. The van der Waals surface area contributed by atoms with Crippen LogP contribution in [0.3, 0.4) is 0 Å². The molecule has 4 N–H and O–H groups in total. The third-order valence-corrected chi connectivity index (χ3v) is 2.31. The van der Waals surface area contributed by atoms with Crippen molar-refractivity contribution in [3.05, 3.63) is 29.8 Å². The maximum Gasteiger partial charge on any atom is 0.253 e. The number of benzene rings is 1. The summed E-state index contributed by atoms with van der Waals surface area (Å²) in [5, 5.41) is 5.56. The van der Waals surface area contributed by atoms with Crippen LogP contribution in [0.15, 0.2) is 24.3 Å². The van der Waals surface area contributed by atoms with E-state index >= 15 is 0 Å². The van der Waals surface area contributed by atoms with Gasteiger partial charge in [-0.05, 0) is 32.9 Å². The lowest BCUT2D eigenvalue weighted by molar-refractivity contribution is -0.116. The molecular formula is C14H22ClN3O2. The monoisotopic (exact) mass is 299 g/mol. The maximum atomic E-state index is 12.1. The zero-order valence-corrected chi connectivity index (χ0v) is 12.8. The van der Waals surface area contributed by atoms with Crippen LogP contribution in [0.4, 0.5) is 5.69 Å². The Morgan fingerprint density at radius 2 is 1.80 bits per heavy atom. The van der Waals surface area contributed by atoms with Crippen molar-refractivity contribution in [3.63, 3.8) is 0 Å². The highest BCUT2D eigenvalue weighted by atomic mass is 35.5. The lowest BCUT2D eigenvalue weighted by Gasteiger charge is -2.21. The van der Waals surface area contributed by atoms with Crippen LogP contribution in [-0.2, 0) is 4.79 Å². The van der Waals surface area contributed by atoms with Crippen molar-refractivity contribution < 1.29 is 9.59 Å². The summed E-state index contributed by atoms with van der Waals surface area (Å²) in [6.07, 6.45) is 0.231. The van der Waals surface area contributed by atoms with Gasteiger partial charge in [0.15, 0.2) is 0 Å². The predicted molar refractivity (Wildman–Crippen MR) is 83.2 cm³/mol. The van der Waals surface area contributed by atoms with Crippen molar-refractivity contribution in [2.75, 3.05) is 11.9 Å². The van der Waals surface area contributed by atoms with Gasteiger partial charge in [-0.1, -0.05) is 12.1 Å². The Hall–Kier alpha value is -1.59. The van der Waals surface area contributed by atoms with E-state index < -0.39 is 0 Å². The van der Waals surface area contributed by atoms with Gasteiger partial charge in [-0.2, -0.15) is 0 Å². The molecule has 0 aliphatic rings. The van der Waals surface area contributed by atoms with E-state index in [2.05, 4.69) is 10.6 Å². The number of nitrogens with two attached hydrogens (primary N) is 1. The van der Waals surface area contributed by atoms with Crippen molar-refractivity contribution in [2.24, 2.45) is 5.73 Å². The number of halogens is 1. The molecule has 0 aliphatic heterocycles. The third-order valence-electron chi connectivity index (χ3n) is 2.31. The van der Waals surface area contributed by atoms with E-state index in [1.54, 1.807) is 24.3 Å². The molecule has 5 nitrogen and oxygen atoms in total. The molecule has 0 spiro atoms. The summed E-state index contributed by atoms with van der Waals surface area (Å²) in [6, 6.07) is 6.91. The summed E-state index contributed by atoms with van der Waals surface area (Å²) < 4.78 is 0. The van der Waals surface area contributed by atoms with Gasteiger partial charge in [-0.15, -0.1) is 12.4 Å². The van der Waals surface area contributed by atoms with E-state index in [-0.39, 0.29) is 42.7 Å². The minimum absolute atomic E-state index is 0. The number of amides is 2. The molecule has 0 bridgehead atoms. The van der Waals surface area contributed by atoms with Gasteiger partial charge >= 0.3 is 0 Å². The van der Waals surface area contributed by atoms with Gasteiger partial charge < -0.3 is 16.4 Å².